The van der Waals surface area contributed by atoms with E-state index in [1.165, 1.54) is 15.9 Å². The molecular formula is C15H17N5O2S. The Morgan fingerprint density at radius 3 is 2.87 bits per heavy atom. The second-order valence-electron chi connectivity index (χ2n) is 5.40. The van der Waals surface area contributed by atoms with Crippen molar-refractivity contribution in [2.45, 2.75) is 32.6 Å². The summed E-state index contributed by atoms with van der Waals surface area (Å²) in [5, 5.41) is 2.60. The van der Waals surface area contributed by atoms with E-state index in [0.29, 0.717) is 11.5 Å². The molecule has 8 heteroatoms. The number of carbonyl (C=O) groups is 1. The minimum atomic E-state index is -0.679. The first-order chi connectivity index (χ1) is 11.0. The van der Waals surface area contributed by atoms with Gasteiger partial charge in [0.05, 0.1) is 0 Å². The van der Waals surface area contributed by atoms with Gasteiger partial charge in [-0.05, 0) is 23.9 Å². The molecule has 3 N–H and O–H groups in total. The van der Waals surface area contributed by atoms with Crippen molar-refractivity contribution < 1.29 is 4.79 Å². The monoisotopic (exact) mass is 331 g/mol. The van der Waals surface area contributed by atoms with Gasteiger partial charge in [0, 0.05) is 5.92 Å². The van der Waals surface area contributed by atoms with E-state index >= 15 is 0 Å². The predicted octanol–water partition coefficient (Wildman–Crippen LogP) is 2.17. The molecule has 0 unspecified atom stereocenters. The highest BCUT2D eigenvalue weighted by molar-refractivity contribution is 7.12. The van der Waals surface area contributed by atoms with Crippen LogP contribution in [0.25, 0.3) is 16.2 Å². The normalized spacial score (nSPS) is 12.6. The molecule has 0 aliphatic carbocycles. The number of thiophene rings is 1. The number of hydrogen-bond donors (Lipinski definition) is 2. The van der Waals surface area contributed by atoms with E-state index in [1.54, 1.807) is 0 Å². The SMILES string of the molecule is CCC[C@@H](C)c1nc(C(N)=O)c2[nH]c(=O)n(-c3cccs3)c2n1. The number of amides is 1. The van der Waals surface area contributed by atoms with Gasteiger partial charge in [-0.2, -0.15) is 0 Å². The number of fused-ring (bicyclic) bond motifs is 1. The van der Waals surface area contributed by atoms with Gasteiger partial charge in [0.2, 0.25) is 0 Å². The molecule has 3 rings (SSSR count). The van der Waals surface area contributed by atoms with Crippen LogP contribution in [0, 0.1) is 0 Å². The quantitative estimate of drug-likeness (QED) is 0.747. The van der Waals surface area contributed by atoms with Crippen molar-refractivity contribution >= 4 is 28.4 Å². The summed E-state index contributed by atoms with van der Waals surface area (Å²) in [5.41, 5.74) is 5.81. The zero-order valence-corrected chi connectivity index (χ0v) is 13.7. The Morgan fingerprint density at radius 2 is 2.26 bits per heavy atom. The number of H-pyrrole nitrogens is 1. The van der Waals surface area contributed by atoms with Gasteiger partial charge in [-0.25, -0.2) is 19.3 Å². The Labute approximate surface area is 136 Å². The van der Waals surface area contributed by atoms with Crippen molar-refractivity contribution in [1.29, 1.82) is 0 Å². The van der Waals surface area contributed by atoms with Gasteiger partial charge in [-0.3, -0.25) is 4.79 Å². The zero-order valence-electron chi connectivity index (χ0n) is 12.9. The molecule has 3 heterocycles. The molecule has 7 nitrogen and oxygen atoms in total. The van der Waals surface area contributed by atoms with Crippen LogP contribution in [0.2, 0.25) is 0 Å². The highest BCUT2D eigenvalue weighted by atomic mass is 32.1. The van der Waals surface area contributed by atoms with Crippen LogP contribution >= 0.6 is 11.3 Å². The van der Waals surface area contributed by atoms with Gasteiger partial charge in [-0.1, -0.05) is 20.3 Å². The van der Waals surface area contributed by atoms with E-state index < -0.39 is 5.91 Å². The Morgan fingerprint density at radius 1 is 1.48 bits per heavy atom. The van der Waals surface area contributed by atoms with Crippen molar-refractivity contribution in [3.8, 4) is 5.00 Å². The molecule has 0 saturated carbocycles. The Hall–Kier alpha value is -2.48. The molecule has 0 aromatic carbocycles. The number of hydrogen-bond acceptors (Lipinski definition) is 5. The first kappa shape index (κ1) is 15.4. The standard InChI is InChI=1S/C15H17N5O2S/c1-3-5-8(2)13-17-10(12(16)21)11-14(19-13)20(15(22)18-11)9-6-4-7-23-9/h4,6-8H,3,5H2,1-2H3,(H2,16,21)(H,18,22)/t8-/m1/s1. The lowest BCUT2D eigenvalue weighted by atomic mass is 10.1. The van der Waals surface area contributed by atoms with E-state index in [2.05, 4.69) is 21.9 Å². The van der Waals surface area contributed by atoms with E-state index in [9.17, 15) is 9.59 Å². The number of aromatic amines is 1. The predicted molar refractivity (Wildman–Crippen MR) is 89.2 cm³/mol. The third kappa shape index (κ3) is 2.65. The fourth-order valence-corrected chi connectivity index (χ4v) is 3.29. The molecule has 0 aliphatic heterocycles. The van der Waals surface area contributed by atoms with Crippen LogP contribution in [0.15, 0.2) is 22.3 Å². The first-order valence-electron chi connectivity index (χ1n) is 7.39. The van der Waals surface area contributed by atoms with Crippen LogP contribution in [-0.4, -0.2) is 25.4 Å². The molecule has 0 spiro atoms. The first-order valence-corrected chi connectivity index (χ1v) is 8.27. The molecular weight excluding hydrogens is 314 g/mol. The van der Waals surface area contributed by atoms with Gasteiger partial charge in [0.15, 0.2) is 11.3 Å². The molecule has 3 aromatic rings. The van der Waals surface area contributed by atoms with Crippen molar-refractivity contribution in [3.05, 3.63) is 39.5 Å². The number of nitrogens with one attached hydrogen (secondary N) is 1. The van der Waals surface area contributed by atoms with Gasteiger partial charge in [0.1, 0.15) is 16.3 Å². The molecule has 1 amide bonds. The number of nitrogens with zero attached hydrogens (tertiary/aromatic N) is 3. The average molecular weight is 331 g/mol. The number of carbonyl (C=O) groups excluding carboxylic acids is 1. The molecule has 120 valence electrons. The van der Waals surface area contributed by atoms with E-state index in [4.69, 9.17) is 5.73 Å². The average Bonchev–Trinajstić information content (AvgIpc) is 3.12. The summed E-state index contributed by atoms with van der Waals surface area (Å²) in [6, 6.07) is 3.67. The van der Waals surface area contributed by atoms with Crippen LogP contribution in [-0.2, 0) is 0 Å². The lowest BCUT2D eigenvalue weighted by Crippen LogP contribution is -2.17. The number of primary amides is 1. The number of aromatic nitrogens is 4. The lowest BCUT2D eigenvalue weighted by Gasteiger charge is -2.10. The minimum absolute atomic E-state index is 0.0559. The Bertz CT molecular complexity index is 910. The fourth-order valence-electron chi connectivity index (χ4n) is 2.56. The molecule has 23 heavy (non-hydrogen) atoms. The van der Waals surface area contributed by atoms with Gasteiger partial charge in [-0.15, -0.1) is 11.3 Å². The molecule has 0 aliphatic rings. The summed E-state index contributed by atoms with van der Waals surface area (Å²) >= 11 is 1.41. The smallest absolute Gasteiger partial charge is 0.333 e. The van der Waals surface area contributed by atoms with Crippen molar-refractivity contribution in [1.82, 2.24) is 19.5 Å². The van der Waals surface area contributed by atoms with Crippen LogP contribution in [0.4, 0.5) is 0 Å². The summed E-state index contributed by atoms with van der Waals surface area (Å²) in [6.45, 7) is 4.07. The maximum Gasteiger partial charge on any atom is 0.333 e. The summed E-state index contributed by atoms with van der Waals surface area (Å²) < 4.78 is 1.45. The van der Waals surface area contributed by atoms with Gasteiger partial charge in [0.25, 0.3) is 5.91 Å². The van der Waals surface area contributed by atoms with E-state index in [-0.39, 0.29) is 22.8 Å². The second kappa shape index (κ2) is 5.96. The van der Waals surface area contributed by atoms with Crippen LogP contribution in [0.1, 0.15) is 48.9 Å². The molecule has 0 radical (unpaired) electrons. The summed E-state index contributed by atoms with van der Waals surface area (Å²) in [7, 11) is 0. The molecule has 0 saturated heterocycles. The highest BCUT2D eigenvalue weighted by Crippen LogP contribution is 2.23. The Balaban J connectivity index is 2.32. The van der Waals surface area contributed by atoms with E-state index in [1.807, 2.05) is 24.4 Å². The zero-order chi connectivity index (χ0) is 16.6. The van der Waals surface area contributed by atoms with Crippen LogP contribution in [0.5, 0.6) is 0 Å². The summed E-state index contributed by atoms with van der Waals surface area (Å²) in [4.78, 5) is 35.5. The fraction of sp³-hybridized carbons (Fsp3) is 0.333. The van der Waals surface area contributed by atoms with Crippen molar-refractivity contribution in [2.75, 3.05) is 0 Å². The maximum absolute atomic E-state index is 12.3. The molecule has 0 fully saturated rings. The highest BCUT2D eigenvalue weighted by Gasteiger charge is 2.21. The second-order valence-corrected chi connectivity index (χ2v) is 6.33. The third-order valence-electron chi connectivity index (χ3n) is 3.68. The maximum atomic E-state index is 12.3. The topological polar surface area (TPSA) is 107 Å². The largest absolute Gasteiger partial charge is 0.364 e. The van der Waals surface area contributed by atoms with E-state index in [0.717, 1.165) is 17.8 Å². The molecule has 3 aromatic heterocycles. The lowest BCUT2D eigenvalue weighted by molar-refractivity contribution is 0.0996. The summed E-state index contributed by atoms with van der Waals surface area (Å²) in [5.74, 6) is -0.0799. The number of imidazole rings is 1. The number of nitrogens with two attached hydrogens (primary N) is 1. The van der Waals surface area contributed by atoms with Crippen molar-refractivity contribution in [2.24, 2.45) is 5.73 Å². The third-order valence-corrected chi connectivity index (χ3v) is 4.53. The molecule has 0 bridgehead atoms. The van der Waals surface area contributed by atoms with Crippen LogP contribution in [0.3, 0.4) is 0 Å². The van der Waals surface area contributed by atoms with Gasteiger partial charge < -0.3 is 10.7 Å². The van der Waals surface area contributed by atoms with Gasteiger partial charge >= 0.3 is 5.69 Å². The number of rotatable bonds is 5. The Kier molecular flexibility index (Phi) is 3.99. The van der Waals surface area contributed by atoms with Crippen LogP contribution < -0.4 is 11.4 Å². The minimum Gasteiger partial charge on any atom is -0.364 e. The summed E-state index contributed by atoms with van der Waals surface area (Å²) in [6.07, 6.45) is 1.86. The van der Waals surface area contributed by atoms with Crippen molar-refractivity contribution in [3.63, 3.8) is 0 Å². The molecule has 1 atom stereocenters.